The first-order valence-corrected chi connectivity index (χ1v) is 13.9. The Labute approximate surface area is 234 Å². The minimum Gasteiger partial charge on any atom is -0.374 e. The molecular formula is C37H30O3. The maximum Gasteiger partial charge on any atom is 0.121 e. The van der Waals surface area contributed by atoms with Gasteiger partial charge in [0.05, 0.1) is 25.9 Å². The van der Waals surface area contributed by atoms with Gasteiger partial charge in [-0.3, -0.25) is 0 Å². The van der Waals surface area contributed by atoms with Crippen molar-refractivity contribution in [1.82, 2.24) is 0 Å². The monoisotopic (exact) mass is 522 g/mol. The minimum atomic E-state index is -0.211. The van der Waals surface area contributed by atoms with Gasteiger partial charge in [-0.15, -0.1) is 0 Å². The van der Waals surface area contributed by atoms with E-state index in [-0.39, 0.29) is 18.3 Å². The van der Waals surface area contributed by atoms with Gasteiger partial charge in [-0.05, 0) is 55.6 Å². The molecule has 3 nitrogen and oxygen atoms in total. The maximum absolute atomic E-state index is 6.40. The van der Waals surface area contributed by atoms with Gasteiger partial charge in [0.15, 0.2) is 0 Å². The molecule has 1 fully saturated rings. The lowest BCUT2D eigenvalue weighted by Crippen LogP contribution is -2.29. The summed E-state index contributed by atoms with van der Waals surface area (Å²) in [6.07, 6.45) is 0.253. The number of ether oxygens (including phenoxy) is 3. The van der Waals surface area contributed by atoms with E-state index in [0.29, 0.717) is 26.2 Å². The Kier molecular flexibility index (Phi) is 6.90. The molecule has 0 bridgehead atoms. The molecule has 6 aromatic carbocycles. The molecule has 0 aromatic heterocycles. The molecule has 196 valence electrons. The van der Waals surface area contributed by atoms with Gasteiger partial charge in [0.25, 0.3) is 0 Å². The van der Waals surface area contributed by atoms with Crippen molar-refractivity contribution >= 4 is 32.3 Å². The van der Waals surface area contributed by atoms with E-state index in [1.54, 1.807) is 0 Å². The van der Waals surface area contributed by atoms with Gasteiger partial charge in [-0.1, -0.05) is 115 Å². The fraction of sp³-hybridized carbons (Fsp3) is 0.189. The summed E-state index contributed by atoms with van der Waals surface area (Å²) < 4.78 is 18.8. The minimum absolute atomic E-state index is 0.0826. The molecule has 3 atom stereocenters. The van der Waals surface area contributed by atoms with Gasteiger partial charge in [-0.2, -0.15) is 0 Å². The van der Waals surface area contributed by atoms with Gasteiger partial charge in [0.2, 0.25) is 0 Å². The topological polar surface area (TPSA) is 27.7 Å². The van der Waals surface area contributed by atoms with E-state index in [0.717, 1.165) is 16.7 Å². The number of hydrogen-bond donors (Lipinski definition) is 0. The van der Waals surface area contributed by atoms with Gasteiger partial charge in [-0.25, -0.2) is 0 Å². The van der Waals surface area contributed by atoms with Crippen molar-refractivity contribution in [3.8, 4) is 11.8 Å². The van der Waals surface area contributed by atoms with Gasteiger partial charge < -0.3 is 14.2 Å². The summed E-state index contributed by atoms with van der Waals surface area (Å²) >= 11 is 0. The number of hydrogen-bond acceptors (Lipinski definition) is 3. The summed E-state index contributed by atoms with van der Waals surface area (Å²) in [7, 11) is 0. The van der Waals surface area contributed by atoms with E-state index in [9.17, 15) is 0 Å². The van der Waals surface area contributed by atoms with Crippen molar-refractivity contribution in [3.05, 3.63) is 132 Å². The zero-order chi connectivity index (χ0) is 26.7. The third kappa shape index (κ3) is 5.18. The maximum atomic E-state index is 6.40. The Morgan fingerprint density at radius 2 is 1.25 bits per heavy atom. The third-order valence-electron chi connectivity index (χ3n) is 7.74. The largest absolute Gasteiger partial charge is 0.374 e. The summed E-state index contributed by atoms with van der Waals surface area (Å²) in [5.74, 6) is 6.81. The molecule has 0 aliphatic carbocycles. The molecule has 0 spiro atoms. The highest BCUT2D eigenvalue weighted by Crippen LogP contribution is 2.35. The first-order valence-electron chi connectivity index (χ1n) is 13.9. The number of rotatable bonds is 7. The molecule has 40 heavy (non-hydrogen) atoms. The third-order valence-corrected chi connectivity index (χ3v) is 7.74. The lowest BCUT2D eigenvalue weighted by molar-refractivity contribution is -0.0651. The predicted molar refractivity (Wildman–Crippen MR) is 161 cm³/mol. The van der Waals surface area contributed by atoms with Crippen LogP contribution in [0.2, 0.25) is 0 Å². The molecule has 1 heterocycles. The Hall–Kier alpha value is -4.20. The van der Waals surface area contributed by atoms with Gasteiger partial charge in [0.1, 0.15) is 12.2 Å². The molecule has 1 aliphatic rings. The summed E-state index contributed by atoms with van der Waals surface area (Å²) in [5.41, 5.74) is 3.29. The summed E-state index contributed by atoms with van der Waals surface area (Å²) in [5, 5.41) is 7.62. The lowest BCUT2D eigenvalue weighted by Gasteiger charge is -2.19. The van der Waals surface area contributed by atoms with Crippen molar-refractivity contribution in [2.75, 3.05) is 6.61 Å². The standard InChI is InChI=1S/C37H30O3/c1-3-8-26(9-4-1)23-38-25-35-34(39-24-27-10-5-2-6-11-27)22-33(40-35)19-14-28-20-31-17-15-29-12-7-13-30-16-18-32(21-28)37(31)36(29)30/h1-13,15-18,20-21,33-35H,22-25H2/t33-,34-,35+/m0/s1. The van der Waals surface area contributed by atoms with Crippen molar-refractivity contribution in [3.63, 3.8) is 0 Å². The summed E-state index contributed by atoms with van der Waals surface area (Å²) in [4.78, 5) is 0. The lowest BCUT2D eigenvalue weighted by atomic mass is 9.93. The van der Waals surface area contributed by atoms with Crippen LogP contribution in [0.5, 0.6) is 0 Å². The van der Waals surface area contributed by atoms with E-state index >= 15 is 0 Å². The van der Waals surface area contributed by atoms with Crippen LogP contribution < -0.4 is 0 Å². The molecule has 6 aromatic rings. The summed E-state index contributed by atoms with van der Waals surface area (Å²) in [6, 6.07) is 40.2. The molecule has 1 saturated heterocycles. The highest BCUT2D eigenvalue weighted by atomic mass is 16.6. The van der Waals surface area contributed by atoms with Crippen LogP contribution >= 0.6 is 0 Å². The average Bonchev–Trinajstić information content (AvgIpc) is 3.40. The van der Waals surface area contributed by atoms with E-state index in [1.165, 1.54) is 32.3 Å². The highest BCUT2D eigenvalue weighted by Gasteiger charge is 2.35. The van der Waals surface area contributed by atoms with Crippen LogP contribution in [0.4, 0.5) is 0 Å². The molecule has 0 radical (unpaired) electrons. The highest BCUT2D eigenvalue weighted by molar-refractivity contribution is 6.23. The summed E-state index contributed by atoms with van der Waals surface area (Å²) in [6.45, 7) is 1.56. The normalized spacial score (nSPS) is 18.9. The van der Waals surface area contributed by atoms with E-state index in [1.807, 2.05) is 36.4 Å². The van der Waals surface area contributed by atoms with Crippen LogP contribution in [-0.2, 0) is 27.4 Å². The molecule has 0 saturated carbocycles. The first-order chi connectivity index (χ1) is 19.8. The van der Waals surface area contributed by atoms with Crippen LogP contribution in [0.25, 0.3) is 32.3 Å². The average molecular weight is 523 g/mol. The second kappa shape index (κ2) is 11.1. The Bertz CT molecular complexity index is 1740. The fourth-order valence-electron chi connectivity index (χ4n) is 5.77. The van der Waals surface area contributed by atoms with E-state index in [2.05, 4.69) is 90.7 Å². The second-order valence-corrected chi connectivity index (χ2v) is 10.5. The van der Waals surface area contributed by atoms with Crippen LogP contribution in [0, 0.1) is 11.8 Å². The Morgan fingerprint density at radius 1 is 0.650 bits per heavy atom. The van der Waals surface area contributed by atoms with Crippen molar-refractivity contribution < 1.29 is 14.2 Å². The number of benzene rings is 6. The van der Waals surface area contributed by atoms with Gasteiger partial charge >= 0.3 is 0 Å². The quantitative estimate of drug-likeness (QED) is 0.158. The van der Waals surface area contributed by atoms with Crippen LogP contribution in [0.15, 0.2) is 115 Å². The van der Waals surface area contributed by atoms with Gasteiger partial charge in [0, 0.05) is 12.0 Å². The van der Waals surface area contributed by atoms with Crippen molar-refractivity contribution in [2.24, 2.45) is 0 Å². The molecule has 7 rings (SSSR count). The van der Waals surface area contributed by atoms with Crippen LogP contribution in [-0.4, -0.2) is 24.9 Å². The Balaban J connectivity index is 1.10. The molecule has 0 unspecified atom stereocenters. The first kappa shape index (κ1) is 24.8. The van der Waals surface area contributed by atoms with E-state index < -0.39 is 0 Å². The fourth-order valence-corrected chi connectivity index (χ4v) is 5.77. The Morgan fingerprint density at radius 3 is 1.93 bits per heavy atom. The van der Waals surface area contributed by atoms with E-state index in [4.69, 9.17) is 14.2 Å². The molecule has 3 heteroatoms. The second-order valence-electron chi connectivity index (χ2n) is 10.5. The molecular weight excluding hydrogens is 492 g/mol. The molecule has 1 aliphatic heterocycles. The van der Waals surface area contributed by atoms with Crippen molar-refractivity contribution in [1.29, 1.82) is 0 Å². The van der Waals surface area contributed by atoms with Crippen molar-refractivity contribution in [2.45, 2.75) is 37.9 Å². The molecule has 0 amide bonds. The smallest absolute Gasteiger partial charge is 0.121 e. The SMILES string of the molecule is C(#C[C@H]1C[C@H](OCc2ccccc2)[C@@H](COCc2ccccc2)O1)c1cc2ccc3cccc4ccc(c1)c2c34. The zero-order valence-electron chi connectivity index (χ0n) is 22.3. The predicted octanol–water partition coefficient (Wildman–Crippen LogP) is 7.90. The van der Waals surface area contributed by atoms with Crippen LogP contribution in [0.3, 0.4) is 0 Å². The zero-order valence-corrected chi connectivity index (χ0v) is 22.3. The van der Waals surface area contributed by atoms with Crippen LogP contribution in [0.1, 0.15) is 23.1 Å². The molecule has 0 N–H and O–H groups in total.